The number of carbonyl (C=O) groups excluding carboxylic acids is 1. The Balaban J connectivity index is 2.39. The highest BCUT2D eigenvalue weighted by molar-refractivity contribution is 7.12. The monoisotopic (exact) mass is 380 g/mol. The first-order valence-electron chi connectivity index (χ1n) is 11.0. The molecule has 0 saturated heterocycles. The SMILES string of the molecule is CCCCCCCCCCC(CCCC)Oc1sccc1C(=O)CCC. The zero-order valence-electron chi connectivity index (χ0n) is 17.4. The molecule has 1 aromatic rings. The summed E-state index contributed by atoms with van der Waals surface area (Å²) < 4.78 is 6.31. The van der Waals surface area contributed by atoms with Gasteiger partial charge in [0.25, 0.3) is 0 Å². The maximum atomic E-state index is 12.3. The number of thiophene rings is 1. The Labute approximate surface area is 165 Å². The summed E-state index contributed by atoms with van der Waals surface area (Å²) in [6, 6.07) is 1.94. The fraction of sp³-hybridized carbons (Fsp3) is 0.783. The van der Waals surface area contributed by atoms with Gasteiger partial charge in [0.1, 0.15) is 0 Å². The normalized spacial score (nSPS) is 12.3. The van der Waals surface area contributed by atoms with Crippen molar-refractivity contribution in [2.24, 2.45) is 0 Å². The van der Waals surface area contributed by atoms with E-state index in [1.807, 2.05) is 11.4 Å². The molecule has 150 valence electrons. The summed E-state index contributed by atoms with van der Waals surface area (Å²) in [7, 11) is 0. The Morgan fingerprint density at radius 3 is 2.15 bits per heavy atom. The number of rotatable bonds is 17. The fourth-order valence-corrected chi connectivity index (χ4v) is 4.13. The van der Waals surface area contributed by atoms with Crippen molar-refractivity contribution in [3.05, 3.63) is 17.0 Å². The summed E-state index contributed by atoms with van der Waals surface area (Å²) in [5.74, 6) is 0.227. The molecule has 3 heteroatoms. The number of Topliss-reactive ketones (excluding diaryl/α,β-unsaturated/α-hetero) is 1. The van der Waals surface area contributed by atoms with Crippen molar-refractivity contribution < 1.29 is 9.53 Å². The zero-order valence-corrected chi connectivity index (χ0v) is 18.2. The van der Waals surface area contributed by atoms with Crippen molar-refractivity contribution in [2.45, 2.75) is 117 Å². The first-order valence-corrected chi connectivity index (χ1v) is 11.9. The topological polar surface area (TPSA) is 26.3 Å². The molecule has 0 spiro atoms. The summed E-state index contributed by atoms with van der Waals surface area (Å²) >= 11 is 1.58. The summed E-state index contributed by atoms with van der Waals surface area (Å²) in [6.45, 7) is 6.55. The summed E-state index contributed by atoms with van der Waals surface area (Å²) in [5.41, 5.74) is 0.800. The number of carbonyl (C=O) groups is 1. The Kier molecular flexibility index (Phi) is 13.6. The smallest absolute Gasteiger partial charge is 0.184 e. The summed E-state index contributed by atoms with van der Waals surface area (Å²) in [6.07, 6.45) is 17.2. The van der Waals surface area contributed by atoms with Crippen LogP contribution in [0, 0.1) is 0 Å². The largest absolute Gasteiger partial charge is 0.480 e. The van der Waals surface area contributed by atoms with Gasteiger partial charge in [-0.15, -0.1) is 11.3 Å². The van der Waals surface area contributed by atoms with Crippen LogP contribution in [0.4, 0.5) is 0 Å². The molecule has 0 saturated carbocycles. The highest BCUT2D eigenvalue weighted by Gasteiger charge is 2.17. The van der Waals surface area contributed by atoms with Crippen molar-refractivity contribution >= 4 is 17.1 Å². The number of hydrogen-bond donors (Lipinski definition) is 0. The first kappa shape index (κ1) is 23.2. The van der Waals surface area contributed by atoms with Crippen LogP contribution >= 0.6 is 11.3 Å². The van der Waals surface area contributed by atoms with Gasteiger partial charge in [-0.2, -0.15) is 0 Å². The van der Waals surface area contributed by atoms with Gasteiger partial charge in [-0.05, 0) is 37.1 Å². The molecule has 0 radical (unpaired) electrons. The highest BCUT2D eigenvalue weighted by atomic mass is 32.1. The third kappa shape index (κ3) is 9.75. The molecule has 1 rings (SSSR count). The molecule has 2 nitrogen and oxygen atoms in total. The fourth-order valence-electron chi connectivity index (χ4n) is 3.31. The van der Waals surface area contributed by atoms with E-state index in [-0.39, 0.29) is 11.9 Å². The van der Waals surface area contributed by atoms with E-state index in [9.17, 15) is 4.79 Å². The van der Waals surface area contributed by atoms with E-state index in [1.165, 1.54) is 64.2 Å². The van der Waals surface area contributed by atoms with E-state index in [2.05, 4.69) is 20.8 Å². The lowest BCUT2D eigenvalue weighted by Gasteiger charge is -2.19. The van der Waals surface area contributed by atoms with E-state index < -0.39 is 0 Å². The minimum atomic E-state index is 0.227. The van der Waals surface area contributed by atoms with Gasteiger partial charge in [-0.25, -0.2) is 0 Å². The van der Waals surface area contributed by atoms with Gasteiger partial charge in [-0.1, -0.05) is 78.6 Å². The Bertz CT molecular complexity index is 467. The average Bonchev–Trinajstić information content (AvgIpc) is 3.10. The summed E-state index contributed by atoms with van der Waals surface area (Å²) in [5, 5.41) is 2.84. The average molecular weight is 381 g/mol. The van der Waals surface area contributed by atoms with Gasteiger partial charge >= 0.3 is 0 Å². The molecular weight excluding hydrogens is 340 g/mol. The highest BCUT2D eigenvalue weighted by Crippen LogP contribution is 2.30. The maximum absolute atomic E-state index is 12.3. The Hall–Kier alpha value is -0.830. The minimum absolute atomic E-state index is 0.227. The molecule has 0 fully saturated rings. The van der Waals surface area contributed by atoms with Gasteiger partial charge in [-0.3, -0.25) is 4.79 Å². The predicted octanol–water partition coefficient (Wildman–Crippen LogP) is 8.20. The molecule has 0 aliphatic heterocycles. The number of hydrogen-bond acceptors (Lipinski definition) is 3. The number of ketones is 1. The predicted molar refractivity (Wildman–Crippen MR) is 115 cm³/mol. The van der Waals surface area contributed by atoms with Gasteiger partial charge < -0.3 is 4.74 Å². The van der Waals surface area contributed by atoms with Gasteiger partial charge in [0.05, 0.1) is 11.7 Å². The maximum Gasteiger partial charge on any atom is 0.184 e. The van der Waals surface area contributed by atoms with Crippen LogP contribution in [-0.4, -0.2) is 11.9 Å². The molecule has 0 N–H and O–H groups in total. The molecule has 0 aliphatic rings. The number of unbranched alkanes of at least 4 members (excludes halogenated alkanes) is 8. The van der Waals surface area contributed by atoms with Crippen molar-refractivity contribution in [3.63, 3.8) is 0 Å². The lowest BCUT2D eigenvalue weighted by molar-refractivity contribution is 0.0974. The van der Waals surface area contributed by atoms with Gasteiger partial charge in [0, 0.05) is 6.42 Å². The zero-order chi connectivity index (χ0) is 19.0. The molecule has 0 amide bonds. The van der Waals surface area contributed by atoms with E-state index in [1.54, 1.807) is 11.3 Å². The lowest BCUT2D eigenvalue weighted by Crippen LogP contribution is -2.17. The lowest BCUT2D eigenvalue weighted by atomic mass is 10.0. The molecule has 0 bridgehead atoms. The summed E-state index contributed by atoms with van der Waals surface area (Å²) in [4.78, 5) is 12.3. The van der Waals surface area contributed by atoms with E-state index in [0.29, 0.717) is 6.42 Å². The van der Waals surface area contributed by atoms with Gasteiger partial charge in [0.15, 0.2) is 10.8 Å². The third-order valence-electron chi connectivity index (χ3n) is 4.94. The van der Waals surface area contributed by atoms with Crippen molar-refractivity contribution in [2.75, 3.05) is 0 Å². The van der Waals surface area contributed by atoms with E-state index in [4.69, 9.17) is 4.74 Å². The van der Waals surface area contributed by atoms with Crippen LogP contribution in [-0.2, 0) is 0 Å². The van der Waals surface area contributed by atoms with Crippen LogP contribution in [0.5, 0.6) is 5.06 Å². The third-order valence-corrected chi connectivity index (χ3v) is 5.74. The van der Waals surface area contributed by atoms with Crippen molar-refractivity contribution in [3.8, 4) is 5.06 Å². The second-order valence-electron chi connectivity index (χ2n) is 7.44. The minimum Gasteiger partial charge on any atom is -0.480 e. The van der Waals surface area contributed by atoms with Crippen LogP contribution in [0.1, 0.15) is 121 Å². The van der Waals surface area contributed by atoms with Crippen LogP contribution in [0.2, 0.25) is 0 Å². The van der Waals surface area contributed by atoms with Crippen LogP contribution in [0.15, 0.2) is 11.4 Å². The first-order chi connectivity index (χ1) is 12.7. The van der Waals surface area contributed by atoms with Crippen LogP contribution in [0.25, 0.3) is 0 Å². The standard InChI is InChI=1S/C23H40O2S/c1-4-7-9-10-11-12-13-14-17-20(16-8-5-2)25-23-21(18-19-26-23)22(24)15-6-3/h18-20H,4-17H2,1-3H3. The van der Waals surface area contributed by atoms with Crippen molar-refractivity contribution in [1.82, 2.24) is 0 Å². The van der Waals surface area contributed by atoms with Crippen LogP contribution < -0.4 is 4.74 Å². The second-order valence-corrected chi connectivity index (χ2v) is 8.32. The molecule has 1 aromatic heterocycles. The molecule has 0 aliphatic carbocycles. The Morgan fingerprint density at radius 2 is 1.50 bits per heavy atom. The molecule has 1 atom stereocenters. The van der Waals surface area contributed by atoms with Crippen molar-refractivity contribution in [1.29, 1.82) is 0 Å². The number of ether oxygens (including phenoxy) is 1. The molecule has 1 heterocycles. The van der Waals surface area contributed by atoms with E-state index in [0.717, 1.165) is 29.9 Å². The van der Waals surface area contributed by atoms with Gasteiger partial charge in [0.2, 0.25) is 0 Å². The van der Waals surface area contributed by atoms with Crippen LogP contribution in [0.3, 0.4) is 0 Å². The molecular formula is C23H40O2S. The molecule has 0 aromatic carbocycles. The second kappa shape index (κ2) is 15.2. The van der Waals surface area contributed by atoms with E-state index >= 15 is 0 Å². The molecule has 26 heavy (non-hydrogen) atoms. The molecule has 1 unspecified atom stereocenters. The Morgan fingerprint density at radius 1 is 0.885 bits per heavy atom. The quantitative estimate of drug-likeness (QED) is 0.201.